The Balaban J connectivity index is 1.71. The van der Waals surface area contributed by atoms with Gasteiger partial charge < -0.3 is 15.7 Å². The minimum atomic E-state index is -0.451. The van der Waals surface area contributed by atoms with Crippen molar-refractivity contribution in [2.45, 2.75) is 64.3 Å². The highest BCUT2D eigenvalue weighted by atomic mass is 16.3. The molecule has 24 heavy (non-hydrogen) atoms. The first-order valence-electron chi connectivity index (χ1n) is 9.09. The number of piperidine rings is 1. The summed E-state index contributed by atoms with van der Waals surface area (Å²) in [5, 5.41) is 15.5. The fraction of sp³-hybridized carbons (Fsp3) is 0.632. The molecule has 134 valence electrons. The van der Waals surface area contributed by atoms with Crippen molar-refractivity contribution >= 4 is 6.03 Å². The molecule has 1 aromatic carbocycles. The molecule has 0 aliphatic carbocycles. The number of urea groups is 1. The lowest BCUT2D eigenvalue weighted by Gasteiger charge is -2.38. The maximum atomic E-state index is 12.0. The first-order valence-corrected chi connectivity index (χ1v) is 9.09. The van der Waals surface area contributed by atoms with Crippen LogP contribution in [0.2, 0.25) is 0 Å². The molecule has 1 saturated heterocycles. The second-order valence-electron chi connectivity index (χ2n) is 6.82. The number of carbonyl (C=O) groups excluding carboxylic acids is 1. The lowest BCUT2D eigenvalue weighted by Crippen LogP contribution is -2.51. The number of aliphatic hydroxyl groups excluding tert-OH is 1. The summed E-state index contributed by atoms with van der Waals surface area (Å²) < 4.78 is 0. The third-order valence-electron chi connectivity index (χ3n) is 4.70. The van der Waals surface area contributed by atoms with Gasteiger partial charge in [0.05, 0.1) is 6.10 Å². The van der Waals surface area contributed by atoms with E-state index in [9.17, 15) is 9.90 Å². The second kappa shape index (κ2) is 9.64. The van der Waals surface area contributed by atoms with Crippen LogP contribution in [-0.2, 0) is 6.54 Å². The van der Waals surface area contributed by atoms with Crippen molar-refractivity contribution in [3.05, 3.63) is 35.9 Å². The molecule has 1 heterocycles. The molecule has 5 heteroatoms. The number of amides is 2. The van der Waals surface area contributed by atoms with Crippen LogP contribution in [0.5, 0.6) is 0 Å². The van der Waals surface area contributed by atoms with Gasteiger partial charge in [0.2, 0.25) is 0 Å². The van der Waals surface area contributed by atoms with E-state index < -0.39 is 6.10 Å². The Bertz CT molecular complexity index is 495. The minimum absolute atomic E-state index is 0.168. The number of aliphatic hydroxyl groups is 1. The summed E-state index contributed by atoms with van der Waals surface area (Å²) >= 11 is 0. The van der Waals surface area contributed by atoms with Crippen molar-refractivity contribution in [2.24, 2.45) is 0 Å². The smallest absolute Gasteiger partial charge is 0.315 e. The van der Waals surface area contributed by atoms with E-state index in [1.165, 1.54) is 5.56 Å². The van der Waals surface area contributed by atoms with E-state index in [0.717, 1.165) is 38.8 Å². The molecular formula is C19H31N3O2. The van der Waals surface area contributed by atoms with Gasteiger partial charge in [-0.15, -0.1) is 0 Å². The summed E-state index contributed by atoms with van der Waals surface area (Å²) in [5.74, 6) is 0. The van der Waals surface area contributed by atoms with Gasteiger partial charge in [0, 0.05) is 31.7 Å². The van der Waals surface area contributed by atoms with Crippen LogP contribution in [0.25, 0.3) is 0 Å². The van der Waals surface area contributed by atoms with Crippen LogP contribution in [0, 0.1) is 0 Å². The van der Waals surface area contributed by atoms with Crippen molar-refractivity contribution < 1.29 is 9.90 Å². The highest BCUT2D eigenvalue weighted by Gasteiger charge is 2.26. The van der Waals surface area contributed by atoms with Crippen molar-refractivity contribution in [1.29, 1.82) is 0 Å². The van der Waals surface area contributed by atoms with E-state index in [-0.39, 0.29) is 12.1 Å². The van der Waals surface area contributed by atoms with Gasteiger partial charge in [-0.1, -0.05) is 43.7 Å². The first-order chi connectivity index (χ1) is 11.6. The number of benzene rings is 1. The number of likely N-dealkylation sites (tertiary alicyclic amines) is 1. The largest absolute Gasteiger partial charge is 0.391 e. The van der Waals surface area contributed by atoms with Crippen LogP contribution in [0.4, 0.5) is 4.79 Å². The van der Waals surface area contributed by atoms with Crippen LogP contribution < -0.4 is 10.6 Å². The fourth-order valence-corrected chi connectivity index (χ4v) is 3.29. The van der Waals surface area contributed by atoms with Gasteiger partial charge in [0.1, 0.15) is 0 Å². The second-order valence-corrected chi connectivity index (χ2v) is 6.82. The molecular weight excluding hydrogens is 302 g/mol. The molecule has 3 unspecified atom stereocenters. The SMILES string of the molecule is CCCC(O)CNC(=O)NC1CCN(Cc2ccccc2)C(C)C1. The monoisotopic (exact) mass is 333 g/mol. The highest BCUT2D eigenvalue weighted by Crippen LogP contribution is 2.19. The van der Waals surface area contributed by atoms with Gasteiger partial charge in [-0.25, -0.2) is 4.79 Å². The van der Waals surface area contributed by atoms with Gasteiger partial charge in [0.15, 0.2) is 0 Å². The van der Waals surface area contributed by atoms with Crippen molar-refractivity contribution in [2.75, 3.05) is 13.1 Å². The quantitative estimate of drug-likeness (QED) is 0.718. The van der Waals surface area contributed by atoms with Crippen LogP contribution >= 0.6 is 0 Å². The van der Waals surface area contributed by atoms with Gasteiger partial charge in [-0.2, -0.15) is 0 Å². The lowest BCUT2D eigenvalue weighted by molar-refractivity contribution is 0.128. The number of rotatable bonds is 7. The molecule has 0 aromatic heterocycles. The molecule has 2 rings (SSSR count). The summed E-state index contributed by atoms with van der Waals surface area (Å²) in [7, 11) is 0. The zero-order valence-corrected chi connectivity index (χ0v) is 14.9. The molecule has 1 aromatic rings. The Kier molecular flexibility index (Phi) is 7.53. The van der Waals surface area contributed by atoms with E-state index in [0.29, 0.717) is 12.6 Å². The molecule has 0 spiro atoms. The Hall–Kier alpha value is -1.59. The lowest BCUT2D eigenvalue weighted by atomic mass is 9.97. The Morgan fingerprint density at radius 2 is 2.12 bits per heavy atom. The van der Waals surface area contributed by atoms with E-state index in [1.54, 1.807) is 0 Å². The van der Waals surface area contributed by atoms with Crippen LogP contribution in [0.3, 0.4) is 0 Å². The summed E-state index contributed by atoms with van der Waals surface area (Å²) in [6.07, 6.45) is 3.10. The summed E-state index contributed by atoms with van der Waals surface area (Å²) in [4.78, 5) is 14.4. The minimum Gasteiger partial charge on any atom is -0.391 e. The normalized spacial score (nSPS) is 22.8. The van der Waals surface area contributed by atoms with Crippen LogP contribution in [0.15, 0.2) is 30.3 Å². The van der Waals surface area contributed by atoms with E-state index in [2.05, 4.69) is 46.7 Å². The van der Waals surface area contributed by atoms with Gasteiger partial charge in [-0.3, -0.25) is 4.90 Å². The van der Waals surface area contributed by atoms with E-state index in [1.807, 2.05) is 13.0 Å². The zero-order valence-electron chi connectivity index (χ0n) is 14.9. The third-order valence-corrected chi connectivity index (χ3v) is 4.70. The number of hydrogen-bond donors (Lipinski definition) is 3. The molecule has 3 atom stereocenters. The number of nitrogens with one attached hydrogen (secondary N) is 2. The Morgan fingerprint density at radius 3 is 2.79 bits per heavy atom. The first kappa shape index (κ1) is 18.7. The highest BCUT2D eigenvalue weighted by molar-refractivity contribution is 5.74. The molecule has 1 aliphatic heterocycles. The topological polar surface area (TPSA) is 64.6 Å². The molecule has 0 bridgehead atoms. The van der Waals surface area contributed by atoms with Crippen LogP contribution in [-0.4, -0.2) is 47.3 Å². The zero-order chi connectivity index (χ0) is 17.4. The van der Waals surface area contributed by atoms with Gasteiger partial charge >= 0.3 is 6.03 Å². The van der Waals surface area contributed by atoms with Crippen LogP contribution in [0.1, 0.15) is 45.1 Å². The third kappa shape index (κ3) is 6.13. The number of nitrogens with zero attached hydrogens (tertiary/aromatic N) is 1. The molecule has 1 fully saturated rings. The van der Waals surface area contributed by atoms with E-state index >= 15 is 0 Å². The van der Waals surface area contributed by atoms with Crippen molar-refractivity contribution in [1.82, 2.24) is 15.5 Å². The van der Waals surface area contributed by atoms with E-state index in [4.69, 9.17) is 0 Å². The molecule has 3 N–H and O–H groups in total. The molecule has 0 radical (unpaired) electrons. The Morgan fingerprint density at radius 1 is 1.38 bits per heavy atom. The van der Waals surface area contributed by atoms with Gasteiger partial charge in [-0.05, 0) is 31.7 Å². The average molecular weight is 333 g/mol. The average Bonchev–Trinajstić information content (AvgIpc) is 2.57. The van der Waals surface area contributed by atoms with Crippen molar-refractivity contribution in [3.63, 3.8) is 0 Å². The molecule has 1 aliphatic rings. The predicted octanol–water partition coefficient (Wildman–Crippen LogP) is 2.50. The summed E-state index contributed by atoms with van der Waals surface area (Å²) in [6.45, 7) is 6.51. The molecule has 5 nitrogen and oxygen atoms in total. The fourth-order valence-electron chi connectivity index (χ4n) is 3.29. The van der Waals surface area contributed by atoms with Gasteiger partial charge in [0.25, 0.3) is 0 Å². The maximum absolute atomic E-state index is 12.0. The Labute approximate surface area is 145 Å². The molecule has 2 amide bonds. The summed E-state index contributed by atoms with van der Waals surface area (Å²) in [5.41, 5.74) is 1.33. The molecule has 0 saturated carbocycles. The standard InChI is InChI=1S/C19H31N3O2/c1-3-7-18(23)13-20-19(24)21-17-10-11-22(15(2)12-17)14-16-8-5-4-6-9-16/h4-6,8-9,15,17-18,23H,3,7,10-14H2,1-2H3,(H2,20,21,24). The maximum Gasteiger partial charge on any atom is 0.315 e. The number of carbonyl (C=O) groups is 1. The number of hydrogen-bond acceptors (Lipinski definition) is 3. The predicted molar refractivity (Wildman–Crippen MR) is 96.8 cm³/mol. The summed E-state index contributed by atoms with van der Waals surface area (Å²) in [6, 6.07) is 11.0. The van der Waals surface area contributed by atoms with Crippen molar-refractivity contribution in [3.8, 4) is 0 Å².